The van der Waals surface area contributed by atoms with E-state index >= 15 is 0 Å². The Hall–Kier alpha value is -3.17. The van der Waals surface area contributed by atoms with Crippen LogP contribution in [0.3, 0.4) is 0 Å². The van der Waals surface area contributed by atoms with E-state index in [2.05, 4.69) is 27.0 Å². The highest BCUT2D eigenvalue weighted by molar-refractivity contribution is 7.89. The fraction of sp³-hybridized carbons (Fsp3) is 0.407. The number of hydrogen-bond acceptors (Lipinski definition) is 6. The number of anilines is 2. The van der Waals surface area contributed by atoms with Crippen LogP contribution in [0.5, 0.6) is 0 Å². The fourth-order valence-electron chi connectivity index (χ4n) is 5.17. The van der Waals surface area contributed by atoms with Gasteiger partial charge in [-0.05, 0) is 50.5 Å². The first-order valence-corrected chi connectivity index (χ1v) is 14.0. The first-order chi connectivity index (χ1) is 17.3. The predicted molar refractivity (Wildman–Crippen MR) is 144 cm³/mol. The molecule has 0 amide bonds. The third-order valence-corrected chi connectivity index (χ3v) is 9.39. The first kappa shape index (κ1) is 24.5. The number of rotatable bonds is 6. The normalized spacial score (nSPS) is 18.3. The molecule has 36 heavy (non-hydrogen) atoms. The molecule has 1 atom stereocenters. The Morgan fingerprint density at radius 1 is 1.03 bits per heavy atom. The maximum atomic E-state index is 13.9. The summed E-state index contributed by atoms with van der Waals surface area (Å²) < 4.78 is 28.9. The lowest BCUT2D eigenvalue weighted by molar-refractivity contribution is 0.324. The maximum absolute atomic E-state index is 13.9. The summed E-state index contributed by atoms with van der Waals surface area (Å²) in [6.07, 6.45) is 2.56. The molecule has 2 aromatic carbocycles. The monoisotopic (exact) mass is 507 g/mol. The van der Waals surface area contributed by atoms with Crippen LogP contribution in [0, 0.1) is 6.92 Å². The zero-order valence-electron chi connectivity index (χ0n) is 21.0. The molecule has 1 aromatic heterocycles. The van der Waals surface area contributed by atoms with Gasteiger partial charge in [0.25, 0.3) is 5.56 Å². The van der Waals surface area contributed by atoms with Crippen molar-refractivity contribution >= 4 is 21.4 Å². The summed E-state index contributed by atoms with van der Waals surface area (Å²) >= 11 is 0. The number of benzene rings is 2. The Labute approximate surface area is 212 Å². The minimum absolute atomic E-state index is 0.0495. The molecule has 190 valence electrons. The van der Waals surface area contributed by atoms with E-state index in [0.717, 1.165) is 23.4 Å². The van der Waals surface area contributed by atoms with E-state index < -0.39 is 15.3 Å². The van der Waals surface area contributed by atoms with Gasteiger partial charge in [-0.25, -0.2) is 8.42 Å². The van der Waals surface area contributed by atoms with E-state index in [0.29, 0.717) is 38.4 Å². The van der Waals surface area contributed by atoms with Crippen LogP contribution in [0.1, 0.15) is 25.0 Å². The van der Waals surface area contributed by atoms with Gasteiger partial charge in [0.15, 0.2) is 0 Å². The highest BCUT2D eigenvalue weighted by atomic mass is 32.2. The molecule has 8 nitrogen and oxygen atoms in total. The molecule has 9 heteroatoms. The number of sulfonamides is 1. The van der Waals surface area contributed by atoms with Gasteiger partial charge in [0.2, 0.25) is 10.0 Å². The van der Waals surface area contributed by atoms with Gasteiger partial charge in [-0.2, -0.15) is 14.1 Å². The molecule has 3 heterocycles. The molecule has 1 saturated heterocycles. The Morgan fingerprint density at radius 3 is 2.53 bits per heavy atom. The second kappa shape index (κ2) is 9.71. The molecule has 0 spiro atoms. The maximum Gasteiger partial charge on any atom is 0.297 e. The van der Waals surface area contributed by atoms with Crippen molar-refractivity contribution in [3.63, 3.8) is 0 Å². The average molecular weight is 508 g/mol. The molecule has 5 rings (SSSR count). The smallest absolute Gasteiger partial charge is 0.297 e. The third-order valence-electron chi connectivity index (χ3n) is 7.15. The van der Waals surface area contributed by atoms with E-state index in [1.165, 1.54) is 10.2 Å². The van der Waals surface area contributed by atoms with Crippen molar-refractivity contribution in [3.05, 3.63) is 82.3 Å². The molecule has 0 radical (unpaired) electrons. The summed E-state index contributed by atoms with van der Waals surface area (Å²) in [5.74, 6) is 0. The molecule has 0 bridgehead atoms. The van der Waals surface area contributed by atoms with Crippen molar-refractivity contribution < 1.29 is 8.42 Å². The molecule has 3 aromatic rings. The minimum Gasteiger partial charge on any atom is -0.363 e. The molecular weight excluding hydrogens is 474 g/mol. The number of aryl methyl sites for hydroxylation is 1. The second-order valence-corrected chi connectivity index (χ2v) is 12.4. The van der Waals surface area contributed by atoms with Gasteiger partial charge in [0, 0.05) is 32.7 Å². The van der Waals surface area contributed by atoms with Crippen molar-refractivity contribution in [2.75, 3.05) is 42.5 Å². The summed E-state index contributed by atoms with van der Waals surface area (Å²) in [5.41, 5.74) is 4.26. The van der Waals surface area contributed by atoms with Crippen LogP contribution >= 0.6 is 0 Å². The van der Waals surface area contributed by atoms with Crippen LogP contribution in [0.4, 0.5) is 11.4 Å². The molecule has 2 aliphatic rings. The number of nitrogens with zero attached hydrogens (tertiary/aromatic N) is 5. The van der Waals surface area contributed by atoms with E-state index in [-0.39, 0.29) is 11.6 Å². The molecule has 2 aliphatic heterocycles. The molecule has 1 unspecified atom stereocenters. The first-order valence-electron chi connectivity index (χ1n) is 12.5. The lowest BCUT2D eigenvalue weighted by Gasteiger charge is -2.48. The van der Waals surface area contributed by atoms with E-state index in [1.807, 2.05) is 49.4 Å². The van der Waals surface area contributed by atoms with Crippen molar-refractivity contribution in [2.24, 2.45) is 0 Å². The van der Waals surface area contributed by atoms with Crippen molar-refractivity contribution in [1.29, 1.82) is 0 Å². The van der Waals surface area contributed by atoms with Gasteiger partial charge in [-0.3, -0.25) is 4.79 Å². The number of hydrogen-bond donors (Lipinski definition) is 0. The van der Waals surface area contributed by atoms with E-state index in [4.69, 9.17) is 0 Å². The zero-order valence-corrected chi connectivity index (χ0v) is 21.9. The van der Waals surface area contributed by atoms with E-state index in [9.17, 15) is 13.2 Å². The van der Waals surface area contributed by atoms with Crippen LogP contribution in [0.15, 0.2) is 65.6 Å². The summed E-state index contributed by atoms with van der Waals surface area (Å²) in [6, 6.07) is 17.9. The Morgan fingerprint density at radius 2 is 1.81 bits per heavy atom. The van der Waals surface area contributed by atoms with Gasteiger partial charge in [-0.1, -0.05) is 42.5 Å². The summed E-state index contributed by atoms with van der Waals surface area (Å²) in [4.78, 5) is 18.2. The SMILES string of the molecule is Cc1cccc(-n2ncc3c(c2=O)N(CCc2ccccc2)CC2CN(S(=O)(=O)C(C)C)CCN32)c1. The van der Waals surface area contributed by atoms with Crippen molar-refractivity contribution in [2.45, 2.75) is 38.5 Å². The van der Waals surface area contributed by atoms with E-state index in [1.54, 1.807) is 24.3 Å². The average Bonchev–Trinajstić information content (AvgIpc) is 2.87. The lowest BCUT2D eigenvalue weighted by atomic mass is 10.1. The van der Waals surface area contributed by atoms with Crippen LogP contribution < -0.4 is 15.4 Å². The Bertz CT molecular complexity index is 1400. The van der Waals surface area contributed by atoms with Gasteiger partial charge in [0.1, 0.15) is 5.69 Å². The molecular formula is C27H33N5O3S. The summed E-state index contributed by atoms with van der Waals surface area (Å²) in [7, 11) is -3.35. The minimum atomic E-state index is -3.35. The van der Waals surface area contributed by atoms with Gasteiger partial charge in [-0.15, -0.1) is 0 Å². The molecule has 0 saturated carbocycles. The fourth-order valence-corrected chi connectivity index (χ4v) is 6.49. The molecule has 1 fully saturated rings. The number of fused-ring (bicyclic) bond motifs is 3. The predicted octanol–water partition coefficient (Wildman–Crippen LogP) is 2.83. The Kier molecular flexibility index (Phi) is 6.61. The number of piperazine rings is 1. The Balaban J connectivity index is 1.53. The standard InChI is InChI=1S/C27H33N5O3S/c1-20(2)36(34,35)30-14-15-31-24(19-30)18-29(13-12-22-9-5-4-6-10-22)26-25(31)17-28-32(27(26)33)23-11-7-8-21(3)16-23/h4-11,16-17,20,24H,12-15,18-19H2,1-3H3. The topological polar surface area (TPSA) is 78.8 Å². The van der Waals surface area contributed by atoms with Crippen molar-refractivity contribution in [3.8, 4) is 5.69 Å². The third kappa shape index (κ3) is 4.53. The van der Waals surface area contributed by atoms with Crippen molar-refractivity contribution in [1.82, 2.24) is 14.1 Å². The summed E-state index contributed by atoms with van der Waals surface area (Å²) in [6.45, 7) is 8.02. The highest BCUT2D eigenvalue weighted by Gasteiger charge is 2.40. The van der Waals surface area contributed by atoms with Gasteiger partial charge < -0.3 is 9.80 Å². The molecule has 0 aliphatic carbocycles. The van der Waals surface area contributed by atoms with Crippen LogP contribution in [0.2, 0.25) is 0 Å². The quantitative estimate of drug-likeness (QED) is 0.511. The second-order valence-electron chi connectivity index (χ2n) is 9.91. The largest absolute Gasteiger partial charge is 0.363 e. The van der Waals surface area contributed by atoms with Crippen LogP contribution in [0.25, 0.3) is 5.69 Å². The van der Waals surface area contributed by atoms with Gasteiger partial charge >= 0.3 is 0 Å². The van der Waals surface area contributed by atoms with Crippen LogP contribution in [-0.2, 0) is 16.4 Å². The van der Waals surface area contributed by atoms with Crippen LogP contribution in [-0.4, -0.2) is 66.5 Å². The molecule has 0 N–H and O–H groups in total. The summed E-state index contributed by atoms with van der Waals surface area (Å²) in [5, 5.41) is 4.09. The highest BCUT2D eigenvalue weighted by Crippen LogP contribution is 2.35. The zero-order chi connectivity index (χ0) is 25.4. The number of aromatic nitrogens is 2. The lowest BCUT2D eigenvalue weighted by Crippen LogP contribution is -2.62. The van der Waals surface area contributed by atoms with Gasteiger partial charge in [0.05, 0.1) is 28.9 Å².